The van der Waals surface area contributed by atoms with E-state index in [1.807, 2.05) is 51.1 Å². The average molecular weight is 399 g/mol. The van der Waals surface area contributed by atoms with Crippen LogP contribution in [-0.2, 0) is 14.3 Å². The Morgan fingerprint density at radius 3 is 2.17 bits per heavy atom. The number of benzene rings is 2. The molecule has 0 fully saturated rings. The van der Waals surface area contributed by atoms with Gasteiger partial charge < -0.3 is 19.1 Å². The molecule has 0 aliphatic rings. The fourth-order valence-corrected chi connectivity index (χ4v) is 2.71. The summed E-state index contributed by atoms with van der Waals surface area (Å²) < 4.78 is 16.4. The van der Waals surface area contributed by atoms with Gasteiger partial charge in [-0.15, -0.1) is 0 Å². The Labute approximate surface area is 172 Å². The lowest BCUT2D eigenvalue weighted by molar-refractivity contribution is -0.161. The number of methoxy groups -OCH3 is 1. The SMILES string of the molecule is COc1ccc(OC(C)C(=O)OC(C)C(C)(C)CN(C=O)c2ccccc2)cc1. The van der Waals surface area contributed by atoms with Gasteiger partial charge in [-0.25, -0.2) is 4.79 Å². The van der Waals surface area contributed by atoms with Crippen LogP contribution in [0.5, 0.6) is 11.5 Å². The van der Waals surface area contributed by atoms with Crippen molar-refractivity contribution < 1.29 is 23.8 Å². The van der Waals surface area contributed by atoms with Crippen molar-refractivity contribution in [2.24, 2.45) is 5.41 Å². The maximum atomic E-state index is 12.5. The van der Waals surface area contributed by atoms with Crippen molar-refractivity contribution >= 4 is 18.1 Å². The van der Waals surface area contributed by atoms with Crippen molar-refractivity contribution in [1.29, 1.82) is 0 Å². The first kappa shape index (κ1) is 22.3. The van der Waals surface area contributed by atoms with Gasteiger partial charge in [0.2, 0.25) is 6.41 Å². The van der Waals surface area contributed by atoms with Crippen LogP contribution in [0.25, 0.3) is 0 Å². The average Bonchev–Trinajstić information content (AvgIpc) is 2.73. The molecule has 0 bridgehead atoms. The summed E-state index contributed by atoms with van der Waals surface area (Å²) in [6, 6.07) is 16.4. The zero-order valence-corrected chi connectivity index (χ0v) is 17.6. The van der Waals surface area contributed by atoms with Gasteiger partial charge in [-0.1, -0.05) is 32.0 Å². The highest BCUT2D eigenvalue weighted by atomic mass is 16.6. The minimum atomic E-state index is -0.766. The number of carbonyl (C=O) groups is 2. The van der Waals surface area contributed by atoms with Crippen LogP contribution in [0.3, 0.4) is 0 Å². The van der Waals surface area contributed by atoms with E-state index in [9.17, 15) is 9.59 Å². The van der Waals surface area contributed by atoms with Crippen LogP contribution in [0.2, 0.25) is 0 Å². The number of ether oxygens (including phenoxy) is 3. The maximum absolute atomic E-state index is 12.5. The molecule has 0 aliphatic carbocycles. The van der Waals surface area contributed by atoms with Gasteiger partial charge in [0.05, 0.1) is 7.11 Å². The molecule has 2 rings (SSSR count). The summed E-state index contributed by atoms with van der Waals surface area (Å²) >= 11 is 0. The minimum Gasteiger partial charge on any atom is -0.497 e. The topological polar surface area (TPSA) is 65.1 Å². The van der Waals surface area contributed by atoms with Crippen LogP contribution in [0.15, 0.2) is 54.6 Å². The molecule has 0 spiro atoms. The van der Waals surface area contributed by atoms with Crippen molar-refractivity contribution in [2.45, 2.75) is 39.9 Å². The van der Waals surface area contributed by atoms with Gasteiger partial charge in [-0.05, 0) is 50.2 Å². The summed E-state index contributed by atoms with van der Waals surface area (Å²) in [6.45, 7) is 7.79. The van der Waals surface area contributed by atoms with Crippen molar-refractivity contribution in [3.05, 3.63) is 54.6 Å². The Bertz CT molecular complexity index is 789. The van der Waals surface area contributed by atoms with E-state index in [1.54, 1.807) is 43.2 Å². The molecule has 0 aromatic heterocycles. The number of hydrogen-bond acceptors (Lipinski definition) is 5. The molecule has 0 N–H and O–H groups in total. The number of para-hydroxylation sites is 1. The molecule has 156 valence electrons. The van der Waals surface area contributed by atoms with E-state index in [0.717, 1.165) is 12.1 Å². The standard InChI is InChI=1S/C23H29NO5/c1-17(28-21-13-11-20(27-5)12-14-21)22(26)29-18(2)23(3,4)15-24(16-25)19-9-7-6-8-10-19/h6-14,16-18H,15H2,1-5H3. The zero-order chi connectivity index (χ0) is 21.4. The smallest absolute Gasteiger partial charge is 0.347 e. The number of amides is 1. The predicted molar refractivity (Wildman–Crippen MR) is 112 cm³/mol. The number of nitrogens with zero attached hydrogens (tertiary/aromatic N) is 1. The molecule has 1 amide bonds. The Morgan fingerprint density at radius 1 is 1.03 bits per heavy atom. The summed E-state index contributed by atoms with van der Waals surface area (Å²) in [5.41, 5.74) is 0.331. The van der Waals surface area contributed by atoms with Crippen molar-refractivity contribution in [3.8, 4) is 11.5 Å². The minimum absolute atomic E-state index is 0.405. The molecule has 2 unspecified atom stereocenters. The van der Waals surface area contributed by atoms with Crippen LogP contribution >= 0.6 is 0 Å². The highest BCUT2D eigenvalue weighted by Gasteiger charge is 2.33. The molecule has 0 saturated carbocycles. The molecule has 2 atom stereocenters. The Morgan fingerprint density at radius 2 is 1.62 bits per heavy atom. The van der Waals surface area contributed by atoms with Gasteiger partial charge in [0.1, 0.15) is 17.6 Å². The predicted octanol–water partition coefficient (Wildman–Crippen LogP) is 4.08. The van der Waals surface area contributed by atoms with Crippen LogP contribution in [-0.4, -0.2) is 38.2 Å². The third-order valence-electron chi connectivity index (χ3n) is 4.89. The number of hydrogen-bond donors (Lipinski definition) is 0. The normalized spacial score (nSPS) is 13.1. The first-order valence-corrected chi connectivity index (χ1v) is 9.55. The van der Waals surface area contributed by atoms with Crippen LogP contribution in [0, 0.1) is 5.41 Å². The lowest BCUT2D eigenvalue weighted by Crippen LogP contribution is -2.43. The number of esters is 1. The lowest BCUT2D eigenvalue weighted by atomic mass is 9.86. The molecule has 6 heteroatoms. The highest BCUT2D eigenvalue weighted by Crippen LogP contribution is 2.27. The summed E-state index contributed by atoms with van der Waals surface area (Å²) in [5, 5.41) is 0. The van der Waals surface area contributed by atoms with E-state index >= 15 is 0 Å². The fraction of sp³-hybridized carbons (Fsp3) is 0.391. The molecule has 6 nitrogen and oxygen atoms in total. The van der Waals surface area contributed by atoms with Crippen molar-refractivity contribution in [3.63, 3.8) is 0 Å². The fourth-order valence-electron chi connectivity index (χ4n) is 2.71. The second kappa shape index (κ2) is 9.96. The maximum Gasteiger partial charge on any atom is 0.347 e. The van der Waals surface area contributed by atoms with Crippen LogP contribution in [0.1, 0.15) is 27.7 Å². The number of anilines is 1. The van der Waals surface area contributed by atoms with Gasteiger partial charge in [-0.3, -0.25) is 4.79 Å². The van der Waals surface area contributed by atoms with Crippen molar-refractivity contribution in [2.75, 3.05) is 18.6 Å². The van der Waals surface area contributed by atoms with Gasteiger partial charge >= 0.3 is 5.97 Å². The van der Waals surface area contributed by atoms with Crippen LogP contribution in [0.4, 0.5) is 5.69 Å². The Balaban J connectivity index is 1.95. The molecular weight excluding hydrogens is 370 g/mol. The number of carbonyl (C=O) groups excluding carboxylic acids is 2. The zero-order valence-electron chi connectivity index (χ0n) is 17.6. The molecule has 29 heavy (non-hydrogen) atoms. The lowest BCUT2D eigenvalue weighted by Gasteiger charge is -2.35. The first-order valence-electron chi connectivity index (χ1n) is 9.55. The quantitative estimate of drug-likeness (QED) is 0.445. The second-order valence-electron chi connectivity index (χ2n) is 7.57. The Kier molecular flexibility index (Phi) is 7.65. The van der Waals surface area contributed by atoms with Gasteiger partial charge in [0, 0.05) is 17.6 Å². The van der Waals surface area contributed by atoms with E-state index in [-0.39, 0.29) is 0 Å². The molecule has 0 heterocycles. The van der Waals surface area contributed by atoms with Gasteiger partial charge in [0.15, 0.2) is 6.10 Å². The third-order valence-corrected chi connectivity index (χ3v) is 4.89. The van der Waals surface area contributed by atoms with E-state index < -0.39 is 23.6 Å². The van der Waals surface area contributed by atoms with Gasteiger partial charge in [0.25, 0.3) is 0 Å². The Hall–Kier alpha value is -3.02. The van der Waals surface area contributed by atoms with E-state index in [0.29, 0.717) is 18.0 Å². The summed E-state index contributed by atoms with van der Waals surface area (Å²) in [5.74, 6) is 0.804. The third kappa shape index (κ3) is 6.24. The molecule has 2 aromatic carbocycles. The first-order chi connectivity index (χ1) is 13.8. The van der Waals surface area contributed by atoms with Crippen LogP contribution < -0.4 is 14.4 Å². The molecule has 0 saturated heterocycles. The molecule has 0 aliphatic heterocycles. The largest absolute Gasteiger partial charge is 0.497 e. The summed E-state index contributed by atoms with van der Waals surface area (Å²) in [6.07, 6.45) is -0.401. The summed E-state index contributed by atoms with van der Waals surface area (Å²) in [4.78, 5) is 25.7. The van der Waals surface area contributed by atoms with E-state index in [1.165, 1.54) is 0 Å². The van der Waals surface area contributed by atoms with E-state index in [4.69, 9.17) is 14.2 Å². The highest BCUT2D eigenvalue weighted by molar-refractivity contribution is 5.76. The van der Waals surface area contributed by atoms with E-state index in [2.05, 4.69) is 0 Å². The molecule has 0 radical (unpaired) electrons. The number of rotatable bonds is 10. The monoisotopic (exact) mass is 399 g/mol. The summed E-state index contributed by atoms with van der Waals surface area (Å²) in [7, 11) is 1.59. The molecule has 2 aromatic rings. The van der Waals surface area contributed by atoms with Crippen molar-refractivity contribution in [1.82, 2.24) is 0 Å². The molecular formula is C23H29NO5. The second-order valence-corrected chi connectivity index (χ2v) is 7.57. The van der Waals surface area contributed by atoms with Gasteiger partial charge in [-0.2, -0.15) is 0 Å².